The number of aromatic amines is 1. The van der Waals surface area contributed by atoms with Crippen LogP contribution >= 0.6 is 11.6 Å². The Kier molecular flexibility index (Phi) is 14.1. The van der Waals surface area contributed by atoms with Gasteiger partial charge in [-0.25, -0.2) is 22.9 Å². The Morgan fingerprint density at radius 1 is 0.971 bits per heavy atom. The van der Waals surface area contributed by atoms with Crippen LogP contribution in [0.2, 0.25) is 5.02 Å². The van der Waals surface area contributed by atoms with Gasteiger partial charge in [0.15, 0.2) is 0 Å². The number of piperidine rings is 1. The number of ether oxygens (including phenoxy) is 2. The van der Waals surface area contributed by atoms with Crippen molar-refractivity contribution in [3.05, 3.63) is 117 Å². The molecule has 0 radical (unpaired) electrons. The van der Waals surface area contributed by atoms with Gasteiger partial charge in [-0.1, -0.05) is 43.2 Å². The van der Waals surface area contributed by atoms with Crippen LogP contribution in [-0.4, -0.2) is 103 Å². The second-order valence-corrected chi connectivity index (χ2v) is 21.8. The predicted octanol–water partition coefficient (Wildman–Crippen LogP) is 9.88. The highest BCUT2D eigenvalue weighted by Gasteiger charge is 2.32. The number of benzene rings is 3. The van der Waals surface area contributed by atoms with Crippen LogP contribution in [0.1, 0.15) is 82.6 Å². The molecular formula is C50H59ClN8O8S. The van der Waals surface area contributed by atoms with Gasteiger partial charge in [-0.2, -0.15) is 0 Å². The molecule has 8 rings (SSSR count). The van der Waals surface area contributed by atoms with Gasteiger partial charge in [0, 0.05) is 86.8 Å². The minimum Gasteiger partial charge on any atom is -0.455 e. The average molecular weight is 968 g/mol. The maximum Gasteiger partial charge on any atom is 0.410 e. The van der Waals surface area contributed by atoms with Gasteiger partial charge in [-0.05, 0) is 124 Å². The smallest absolute Gasteiger partial charge is 0.410 e. The molecule has 2 saturated heterocycles. The normalized spacial score (nSPS) is 17.3. The highest BCUT2D eigenvalue weighted by molar-refractivity contribution is 7.90. The zero-order valence-electron chi connectivity index (χ0n) is 39.1. The third-order valence-electron chi connectivity index (χ3n) is 12.9. The topological polar surface area (TPSA) is 192 Å². The number of nitro groups is 1. The summed E-state index contributed by atoms with van der Waals surface area (Å²) in [5, 5.41) is 16.9. The molecule has 4 heterocycles. The molecule has 3 aromatic carbocycles. The van der Waals surface area contributed by atoms with E-state index in [1.807, 2.05) is 39.0 Å². The van der Waals surface area contributed by atoms with Crippen LogP contribution in [0.5, 0.6) is 11.5 Å². The third kappa shape index (κ3) is 11.7. The summed E-state index contributed by atoms with van der Waals surface area (Å²) in [6, 6.07) is 20.3. The lowest BCUT2D eigenvalue weighted by Crippen LogP contribution is -2.47. The molecule has 0 bridgehead atoms. The average Bonchev–Trinajstić information content (AvgIpc) is 3.77. The Morgan fingerprint density at radius 2 is 1.71 bits per heavy atom. The number of hydrogen-bond donors (Lipinski definition) is 3. The van der Waals surface area contributed by atoms with Gasteiger partial charge in [0.2, 0.25) is 0 Å². The number of anilines is 2. The van der Waals surface area contributed by atoms with E-state index in [4.69, 9.17) is 21.1 Å². The minimum atomic E-state index is -4.61. The molecule has 2 amide bonds. The molecular weight excluding hydrogens is 908 g/mol. The van der Waals surface area contributed by atoms with Crippen LogP contribution in [0.15, 0.2) is 95.7 Å². The molecule has 68 heavy (non-hydrogen) atoms. The molecule has 0 unspecified atom stereocenters. The number of allylic oxidation sites excluding steroid dienone is 1. The van der Waals surface area contributed by atoms with Crippen molar-refractivity contribution in [2.45, 2.75) is 77.2 Å². The molecule has 16 nitrogen and oxygen atoms in total. The van der Waals surface area contributed by atoms with Crippen molar-refractivity contribution < 1.29 is 32.4 Å². The molecule has 1 aliphatic carbocycles. The van der Waals surface area contributed by atoms with Crippen molar-refractivity contribution in [2.24, 2.45) is 11.3 Å². The van der Waals surface area contributed by atoms with E-state index in [1.54, 1.807) is 29.3 Å². The second kappa shape index (κ2) is 19.8. The van der Waals surface area contributed by atoms with Crippen molar-refractivity contribution in [1.82, 2.24) is 24.5 Å². The lowest BCUT2D eigenvalue weighted by molar-refractivity contribution is -0.384. The summed E-state index contributed by atoms with van der Waals surface area (Å²) in [6.07, 6.45) is 7.37. The van der Waals surface area contributed by atoms with Crippen molar-refractivity contribution in [3.8, 4) is 11.5 Å². The summed E-state index contributed by atoms with van der Waals surface area (Å²) in [4.78, 5) is 51.5. The first-order chi connectivity index (χ1) is 32.3. The molecule has 18 heteroatoms. The van der Waals surface area contributed by atoms with Crippen LogP contribution in [0.4, 0.5) is 21.9 Å². The molecule has 5 aromatic rings. The van der Waals surface area contributed by atoms with Gasteiger partial charge < -0.3 is 29.6 Å². The molecule has 2 aliphatic heterocycles. The number of aromatic nitrogens is 2. The summed E-state index contributed by atoms with van der Waals surface area (Å²) < 4.78 is 41.5. The number of piperazine rings is 1. The molecule has 3 N–H and O–H groups in total. The van der Waals surface area contributed by atoms with Gasteiger partial charge in [0.25, 0.3) is 21.6 Å². The van der Waals surface area contributed by atoms with Crippen LogP contribution < -0.4 is 19.7 Å². The number of nitrogens with zero attached hydrogens (tertiary/aromatic N) is 5. The summed E-state index contributed by atoms with van der Waals surface area (Å²) in [7, 11) is -4.61. The van der Waals surface area contributed by atoms with Crippen LogP contribution in [0, 0.1) is 21.4 Å². The number of halogens is 1. The van der Waals surface area contributed by atoms with E-state index in [0.717, 1.165) is 61.1 Å². The number of sulfonamides is 1. The number of likely N-dealkylation sites (tertiary alicyclic amines) is 1. The number of rotatable bonds is 13. The number of nitro benzene ring substituents is 1. The molecule has 0 saturated carbocycles. The molecule has 2 aromatic heterocycles. The fourth-order valence-corrected chi connectivity index (χ4v) is 10.2. The van der Waals surface area contributed by atoms with E-state index in [-0.39, 0.29) is 34.4 Å². The first-order valence-electron chi connectivity index (χ1n) is 23.1. The monoisotopic (exact) mass is 966 g/mol. The second-order valence-electron chi connectivity index (χ2n) is 19.7. The van der Waals surface area contributed by atoms with E-state index < -0.39 is 37.0 Å². The Labute approximate surface area is 402 Å². The highest BCUT2D eigenvalue weighted by atomic mass is 35.5. The lowest BCUT2D eigenvalue weighted by Gasteiger charge is -2.39. The number of amides is 2. The van der Waals surface area contributed by atoms with Crippen molar-refractivity contribution in [1.29, 1.82) is 0 Å². The van der Waals surface area contributed by atoms with E-state index in [2.05, 4.69) is 55.8 Å². The standard InChI is InChI=1S/C50H59ClN8O8S/c1-49(2,3)67-48(61)58-20-16-33(17-21-58)30-53-43-13-11-40(28-44(43)59(62)63)68(64,65)55-47(60)41-12-10-38(27-45(41)66-39-26-35-15-19-52-46(35)54-31-39)57-24-22-56(23-25-57)32-36-14-18-50(4,5)29-42(36)34-6-8-37(51)9-7-34/h6-13,15,19,26-28,31,33,53H,14,16-18,20-25,29-30,32H2,1-5H3,(H,52,54)(H,55,60). The summed E-state index contributed by atoms with van der Waals surface area (Å²) >= 11 is 6.25. The largest absolute Gasteiger partial charge is 0.455 e. The molecule has 3 aliphatic rings. The van der Waals surface area contributed by atoms with E-state index in [9.17, 15) is 28.1 Å². The fraction of sp³-hybridized carbons (Fsp3) is 0.420. The van der Waals surface area contributed by atoms with Gasteiger partial charge in [-0.15, -0.1) is 0 Å². The van der Waals surface area contributed by atoms with Crippen molar-refractivity contribution in [3.63, 3.8) is 0 Å². The zero-order valence-corrected chi connectivity index (χ0v) is 40.7. The molecule has 2 fully saturated rings. The maximum atomic E-state index is 14.0. The first-order valence-corrected chi connectivity index (χ1v) is 24.9. The van der Waals surface area contributed by atoms with E-state index >= 15 is 0 Å². The van der Waals surface area contributed by atoms with Gasteiger partial charge in [0.1, 0.15) is 28.4 Å². The maximum absolute atomic E-state index is 14.0. The van der Waals surface area contributed by atoms with Gasteiger partial charge in [0.05, 0.1) is 21.6 Å². The van der Waals surface area contributed by atoms with Crippen LogP contribution in [0.25, 0.3) is 16.6 Å². The Morgan fingerprint density at radius 3 is 2.41 bits per heavy atom. The Bertz CT molecular complexity index is 2830. The van der Waals surface area contributed by atoms with Gasteiger partial charge in [-0.3, -0.25) is 19.8 Å². The third-order valence-corrected chi connectivity index (χ3v) is 14.5. The number of hydrogen-bond acceptors (Lipinski definition) is 12. The molecule has 0 spiro atoms. The SMILES string of the molecule is CC1(C)CCC(CN2CCN(c3ccc(C(=O)NS(=O)(=O)c4ccc(NCC5CCN(C(=O)OC(C)(C)C)CC5)c([N+](=O)[O-])c4)c(Oc4cnc5[nH]ccc5c4)c3)CC2)=C(c2ccc(Cl)cc2)C1. The Balaban J connectivity index is 0.961. The number of fused-ring (bicyclic) bond motifs is 1. The number of carbonyl (C=O) groups excluding carboxylic acids is 2. The quantitative estimate of drug-likeness (QED) is 0.0749. The zero-order chi connectivity index (χ0) is 48.4. The van der Waals surface area contributed by atoms with Crippen molar-refractivity contribution >= 4 is 67.3 Å². The van der Waals surface area contributed by atoms with E-state index in [0.29, 0.717) is 57.0 Å². The summed E-state index contributed by atoms with van der Waals surface area (Å²) in [5.41, 5.74) is 4.75. The predicted molar refractivity (Wildman–Crippen MR) is 264 cm³/mol. The molecule has 360 valence electrons. The van der Waals surface area contributed by atoms with E-state index in [1.165, 1.54) is 41.1 Å². The molecule has 0 atom stereocenters. The summed E-state index contributed by atoms with van der Waals surface area (Å²) in [6.45, 7) is 15.3. The number of carbonyl (C=O) groups is 2. The number of nitrogens with one attached hydrogen (secondary N) is 3. The fourth-order valence-electron chi connectivity index (χ4n) is 9.10. The van der Waals surface area contributed by atoms with Crippen molar-refractivity contribution in [2.75, 3.05) is 62.6 Å². The summed E-state index contributed by atoms with van der Waals surface area (Å²) in [5.74, 6) is -0.422. The van der Waals surface area contributed by atoms with Gasteiger partial charge >= 0.3 is 6.09 Å². The van der Waals surface area contributed by atoms with Crippen LogP contribution in [-0.2, 0) is 14.8 Å². The number of pyridine rings is 1. The Hall–Kier alpha value is -6.17. The minimum absolute atomic E-state index is 0.0579. The lowest BCUT2D eigenvalue weighted by atomic mass is 9.72. The van der Waals surface area contributed by atoms with Crippen LogP contribution in [0.3, 0.4) is 0 Å². The highest BCUT2D eigenvalue weighted by Crippen LogP contribution is 2.43. The number of H-pyrrole nitrogens is 1. The first kappa shape index (κ1) is 48.3.